The van der Waals surface area contributed by atoms with Gasteiger partial charge in [-0.1, -0.05) is 12.5 Å². The average Bonchev–Trinajstić information content (AvgIpc) is 1.85. The molecule has 1 unspecified atom stereocenters. The summed E-state index contributed by atoms with van der Waals surface area (Å²) < 4.78 is 0. The molecule has 0 saturated heterocycles. The molecule has 0 bridgehead atoms. The second-order valence-electron chi connectivity index (χ2n) is 3.40. The molecule has 0 aromatic rings. The van der Waals surface area contributed by atoms with Crippen LogP contribution < -0.4 is 0 Å². The van der Waals surface area contributed by atoms with Gasteiger partial charge in [-0.2, -0.15) is 0 Å². The van der Waals surface area contributed by atoms with E-state index in [1.807, 2.05) is 6.92 Å². The lowest BCUT2D eigenvalue weighted by atomic mass is 9.65. The van der Waals surface area contributed by atoms with Gasteiger partial charge < -0.3 is 10.0 Å². The average molecular weight is 154 g/mol. The fourth-order valence-electron chi connectivity index (χ4n) is 1.87. The predicted molar refractivity (Wildman–Crippen MR) is 45.9 cm³/mol. The molecule has 2 nitrogen and oxygen atoms in total. The zero-order chi connectivity index (χ0) is 8.43. The Hall–Kier alpha value is -0.275. The molecule has 0 aliphatic heterocycles. The van der Waals surface area contributed by atoms with Crippen molar-refractivity contribution in [1.82, 2.24) is 0 Å². The second kappa shape index (κ2) is 3.41. The quantitative estimate of drug-likeness (QED) is 0.556. The standard InChI is InChI=1S/C8H15BO2/c1-6-4-3-5-7(2)8(6)9(10)11/h6,10-11H,3-5H2,1-2H3. The Balaban J connectivity index is 2.82. The molecule has 62 valence electrons. The third-order valence-electron chi connectivity index (χ3n) is 2.49. The largest absolute Gasteiger partial charge is 0.484 e. The lowest BCUT2D eigenvalue weighted by Crippen LogP contribution is -2.24. The highest BCUT2D eigenvalue weighted by atomic mass is 16.4. The minimum Gasteiger partial charge on any atom is -0.423 e. The smallest absolute Gasteiger partial charge is 0.423 e. The Morgan fingerprint density at radius 1 is 1.45 bits per heavy atom. The molecule has 0 heterocycles. The van der Waals surface area contributed by atoms with Gasteiger partial charge in [-0.25, -0.2) is 0 Å². The monoisotopic (exact) mass is 154 g/mol. The summed E-state index contributed by atoms with van der Waals surface area (Å²) >= 11 is 0. The maximum Gasteiger partial charge on any atom is 0.484 e. The summed E-state index contributed by atoms with van der Waals surface area (Å²) in [4.78, 5) is 0. The van der Waals surface area contributed by atoms with Crippen molar-refractivity contribution in [3.63, 3.8) is 0 Å². The fraction of sp³-hybridized carbons (Fsp3) is 0.750. The second-order valence-corrected chi connectivity index (χ2v) is 3.40. The van der Waals surface area contributed by atoms with Gasteiger partial charge in [0.15, 0.2) is 0 Å². The van der Waals surface area contributed by atoms with Gasteiger partial charge in [0.25, 0.3) is 0 Å². The highest BCUT2D eigenvalue weighted by molar-refractivity contribution is 6.51. The van der Waals surface area contributed by atoms with Crippen molar-refractivity contribution in [1.29, 1.82) is 0 Å². The summed E-state index contributed by atoms with van der Waals surface area (Å²) in [6.45, 7) is 4.04. The first kappa shape index (κ1) is 8.82. The fourth-order valence-corrected chi connectivity index (χ4v) is 1.87. The van der Waals surface area contributed by atoms with E-state index in [4.69, 9.17) is 10.0 Å². The highest BCUT2D eigenvalue weighted by Gasteiger charge is 2.25. The van der Waals surface area contributed by atoms with Gasteiger partial charge in [-0.15, -0.1) is 0 Å². The van der Waals surface area contributed by atoms with Crippen LogP contribution in [0.4, 0.5) is 0 Å². The molecule has 3 heteroatoms. The minimum atomic E-state index is -1.23. The van der Waals surface area contributed by atoms with E-state index in [1.165, 1.54) is 12.0 Å². The van der Waals surface area contributed by atoms with Gasteiger partial charge in [0.05, 0.1) is 0 Å². The molecule has 0 saturated carbocycles. The first-order valence-electron chi connectivity index (χ1n) is 4.18. The van der Waals surface area contributed by atoms with E-state index >= 15 is 0 Å². The van der Waals surface area contributed by atoms with E-state index in [2.05, 4.69) is 6.92 Å². The number of hydrogen-bond donors (Lipinski definition) is 2. The summed E-state index contributed by atoms with van der Waals surface area (Å²) in [7, 11) is -1.23. The van der Waals surface area contributed by atoms with Crippen molar-refractivity contribution in [3.05, 3.63) is 11.0 Å². The lowest BCUT2D eigenvalue weighted by molar-refractivity contribution is 0.400. The van der Waals surface area contributed by atoms with Crippen LogP contribution in [-0.2, 0) is 0 Å². The molecular formula is C8H15BO2. The van der Waals surface area contributed by atoms with Gasteiger partial charge in [0, 0.05) is 0 Å². The summed E-state index contributed by atoms with van der Waals surface area (Å²) in [6.07, 6.45) is 3.30. The van der Waals surface area contributed by atoms with Crippen LogP contribution in [0.3, 0.4) is 0 Å². The third-order valence-corrected chi connectivity index (χ3v) is 2.49. The molecule has 2 N–H and O–H groups in total. The van der Waals surface area contributed by atoms with E-state index in [9.17, 15) is 0 Å². The molecule has 0 aromatic heterocycles. The van der Waals surface area contributed by atoms with Gasteiger partial charge >= 0.3 is 7.12 Å². The zero-order valence-corrected chi connectivity index (χ0v) is 7.17. The highest BCUT2D eigenvalue weighted by Crippen LogP contribution is 2.29. The van der Waals surface area contributed by atoms with Crippen LogP contribution in [-0.4, -0.2) is 17.2 Å². The van der Waals surface area contributed by atoms with Crippen LogP contribution in [0.25, 0.3) is 0 Å². The summed E-state index contributed by atoms with van der Waals surface area (Å²) in [5, 5.41) is 18.0. The Morgan fingerprint density at radius 2 is 2.09 bits per heavy atom. The van der Waals surface area contributed by atoms with E-state index in [0.717, 1.165) is 18.3 Å². The predicted octanol–water partition coefficient (Wildman–Crippen LogP) is 1.13. The van der Waals surface area contributed by atoms with Crippen LogP contribution in [0.15, 0.2) is 11.0 Å². The van der Waals surface area contributed by atoms with Gasteiger partial charge in [0.1, 0.15) is 0 Å². The van der Waals surface area contributed by atoms with Crippen molar-refractivity contribution in [2.45, 2.75) is 33.1 Å². The Kier molecular flexibility index (Phi) is 2.74. The summed E-state index contributed by atoms with van der Waals surface area (Å²) in [6, 6.07) is 0. The Morgan fingerprint density at radius 3 is 2.45 bits per heavy atom. The minimum absolute atomic E-state index is 0.351. The first-order valence-corrected chi connectivity index (χ1v) is 4.18. The molecule has 0 radical (unpaired) electrons. The normalized spacial score (nSPS) is 25.6. The van der Waals surface area contributed by atoms with E-state index in [0.29, 0.717) is 5.92 Å². The number of rotatable bonds is 1. The molecule has 1 aliphatic rings. The molecule has 0 amide bonds. The lowest BCUT2D eigenvalue weighted by Gasteiger charge is -2.23. The molecule has 0 fully saturated rings. The van der Waals surface area contributed by atoms with Gasteiger partial charge in [0.2, 0.25) is 0 Å². The topological polar surface area (TPSA) is 40.5 Å². The maximum absolute atomic E-state index is 9.02. The van der Waals surface area contributed by atoms with E-state index in [-0.39, 0.29) is 0 Å². The van der Waals surface area contributed by atoms with E-state index < -0.39 is 7.12 Å². The Bertz CT molecular complexity index is 175. The van der Waals surface area contributed by atoms with Crippen LogP contribution >= 0.6 is 0 Å². The van der Waals surface area contributed by atoms with Gasteiger partial charge in [-0.3, -0.25) is 0 Å². The van der Waals surface area contributed by atoms with Crippen molar-refractivity contribution >= 4 is 7.12 Å². The van der Waals surface area contributed by atoms with Gasteiger partial charge in [-0.05, 0) is 37.6 Å². The Labute approximate surface area is 68.1 Å². The van der Waals surface area contributed by atoms with Crippen molar-refractivity contribution in [2.75, 3.05) is 0 Å². The van der Waals surface area contributed by atoms with Crippen LogP contribution in [0.2, 0.25) is 0 Å². The molecule has 0 aromatic carbocycles. The van der Waals surface area contributed by atoms with Crippen molar-refractivity contribution < 1.29 is 10.0 Å². The third kappa shape index (κ3) is 1.85. The first-order chi connectivity index (χ1) is 5.13. The molecule has 1 aliphatic carbocycles. The summed E-state index contributed by atoms with van der Waals surface area (Å²) in [5.41, 5.74) is 2.01. The van der Waals surface area contributed by atoms with Crippen molar-refractivity contribution in [3.8, 4) is 0 Å². The van der Waals surface area contributed by atoms with Crippen LogP contribution in [0.5, 0.6) is 0 Å². The molecule has 1 rings (SSSR count). The molecule has 0 spiro atoms. The zero-order valence-electron chi connectivity index (χ0n) is 7.17. The molecular weight excluding hydrogens is 139 g/mol. The summed E-state index contributed by atoms with van der Waals surface area (Å²) in [5.74, 6) is 0.351. The molecule has 11 heavy (non-hydrogen) atoms. The van der Waals surface area contributed by atoms with Crippen LogP contribution in [0, 0.1) is 5.92 Å². The number of allylic oxidation sites excluding steroid dienone is 2. The van der Waals surface area contributed by atoms with E-state index in [1.54, 1.807) is 0 Å². The number of hydrogen-bond acceptors (Lipinski definition) is 2. The van der Waals surface area contributed by atoms with Crippen LogP contribution in [0.1, 0.15) is 33.1 Å². The SMILES string of the molecule is CC1=C(B(O)O)C(C)CCC1. The maximum atomic E-state index is 9.02. The van der Waals surface area contributed by atoms with Crippen molar-refractivity contribution in [2.24, 2.45) is 5.92 Å². The molecule has 1 atom stereocenters.